The summed E-state index contributed by atoms with van der Waals surface area (Å²) in [4.78, 5) is 14.6. The van der Waals surface area contributed by atoms with Crippen molar-refractivity contribution in [3.8, 4) is 0 Å². The summed E-state index contributed by atoms with van der Waals surface area (Å²) in [5, 5.41) is 10.0. The van der Waals surface area contributed by atoms with Gasteiger partial charge in [0.05, 0.1) is 12.1 Å². The van der Waals surface area contributed by atoms with Gasteiger partial charge in [-0.15, -0.1) is 0 Å². The van der Waals surface area contributed by atoms with Crippen molar-refractivity contribution in [3.63, 3.8) is 0 Å². The van der Waals surface area contributed by atoms with Crippen molar-refractivity contribution < 1.29 is 18.7 Å². The van der Waals surface area contributed by atoms with Crippen LogP contribution in [0.15, 0.2) is 18.2 Å². The smallest absolute Gasteiger partial charge is 0.226 e. The lowest BCUT2D eigenvalue weighted by molar-refractivity contribution is -0.139. The first-order valence-corrected chi connectivity index (χ1v) is 8.78. The van der Waals surface area contributed by atoms with E-state index in [0.29, 0.717) is 11.8 Å². The first-order chi connectivity index (χ1) is 11.3. The molecule has 4 atom stereocenters. The summed E-state index contributed by atoms with van der Waals surface area (Å²) in [6.45, 7) is 4.50. The SMILES string of the molecule is CC1CC(C)CC(C(=O)N2CC(O)CC2c2cc(F)ccc2F)C1. The number of hydrogen-bond donors (Lipinski definition) is 1. The van der Waals surface area contributed by atoms with Gasteiger partial charge in [0, 0.05) is 18.0 Å². The molecule has 0 bridgehead atoms. The van der Waals surface area contributed by atoms with E-state index in [1.165, 1.54) is 0 Å². The van der Waals surface area contributed by atoms with E-state index in [4.69, 9.17) is 0 Å². The van der Waals surface area contributed by atoms with Gasteiger partial charge in [0.15, 0.2) is 0 Å². The molecule has 1 aromatic carbocycles. The molecule has 132 valence electrons. The van der Waals surface area contributed by atoms with Gasteiger partial charge in [-0.25, -0.2) is 8.78 Å². The monoisotopic (exact) mass is 337 g/mol. The quantitative estimate of drug-likeness (QED) is 0.894. The van der Waals surface area contributed by atoms with E-state index < -0.39 is 23.8 Å². The summed E-state index contributed by atoms with van der Waals surface area (Å²) in [5.41, 5.74) is 0.164. The fraction of sp³-hybridized carbons (Fsp3) is 0.632. The van der Waals surface area contributed by atoms with Crippen LogP contribution in [0.25, 0.3) is 0 Å². The number of nitrogens with zero attached hydrogens (tertiary/aromatic N) is 1. The molecular weight excluding hydrogens is 312 g/mol. The van der Waals surface area contributed by atoms with Crippen molar-refractivity contribution in [1.29, 1.82) is 0 Å². The third-order valence-corrected chi connectivity index (χ3v) is 5.41. The molecule has 1 saturated heterocycles. The molecule has 1 aliphatic carbocycles. The highest BCUT2D eigenvalue weighted by atomic mass is 19.1. The number of carbonyl (C=O) groups is 1. The maximum Gasteiger partial charge on any atom is 0.226 e. The Morgan fingerprint density at radius 3 is 2.46 bits per heavy atom. The molecule has 1 saturated carbocycles. The van der Waals surface area contributed by atoms with Crippen molar-refractivity contribution >= 4 is 5.91 Å². The first kappa shape index (κ1) is 17.3. The third-order valence-electron chi connectivity index (χ3n) is 5.41. The molecule has 3 nitrogen and oxygen atoms in total. The molecule has 1 heterocycles. The second-order valence-electron chi connectivity index (χ2n) is 7.68. The first-order valence-electron chi connectivity index (χ1n) is 8.78. The summed E-state index contributed by atoms with van der Waals surface area (Å²) in [6.07, 6.45) is 2.33. The van der Waals surface area contributed by atoms with Crippen LogP contribution >= 0.6 is 0 Å². The lowest BCUT2D eigenvalue weighted by Crippen LogP contribution is -2.39. The highest BCUT2D eigenvalue weighted by Gasteiger charge is 2.40. The molecule has 1 aliphatic heterocycles. The number of carbonyl (C=O) groups excluding carboxylic acids is 1. The van der Waals surface area contributed by atoms with Gasteiger partial charge in [-0.2, -0.15) is 0 Å². The fourth-order valence-corrected chi connectivity index (χ4v) is 4.51. The lowest BCUT2D eigenvalue weighted by Gasteiger charge is -2.35. The number of aliphatic hydroxyl groups is 1. The van der Waals surface area contributed by atoms with E-state index >= 15 is 0 Å². The molecule has 5 heteroatoms. The number of likely N-dealkylation sites (tertiary alicyclic amines) is 1. The van der Waals surface area contributed by atoms with E-state index in [0.717, 1.165) is 37.5 Å². The average molecular weight is 337 g/mol. The maximum atomic E-state index is 14.2. The van der Waals surface area contributed by atoms with Crippen molar-refractivity contribution in [3.05, 3.63) is 35.4 Å². The van der Waals surface area contributed by atoms with Crippen molar-refractivity contribution in [2.24, 2.45) is 17.8 Å². The Kier molecular flexibility index (Phi) is 4.90. The van der Waals surface area contributed by atoms with Crippen molar-refractivity contribution in [2.75, 3.05) is 6.54 Å². The van der Waals surface area contributed by atoms with E-state index in [1.54, 1.807) is 4.90 Å². The zero-order chi connectivity index (χ0) is 17.4. The predicted octanol–water partition coefficient (Wildman–Crippen LogP) is 3.67. The number of hydrogen-bond acceptors (Lipinski definition) is 2. The third kappa shape index (κ3) is 3.46. The largest absolute Gasteiger partial charge is 0.391 e. The predicted molar refractivity (Wildman–Crippen MR) is 87.1 cm³/mol. The van der Waals surface area contributed by atoms with Gasteiger partial charge >= 0.3 is 0 Å². The van der Waals surface area contributed by atoms with Crippen LogP contribution < -0.4 is 0 Å². The second-order valence-corrected chi connectivity index (χ2v) is 7.68. The van der Waals surface area contributed by atoms with Crippen LogP contribution in [0.5, 0.6) is 0 Å². The van der Waals surface area contributed by atoms with Crippen molar-refractivity contribution in [1.82, 2.24) is 4.90 Å². The second kappa shape index (κ2) is 6.79. The van der Waals surface area contributed by atoms with Gasteiger partial charge in [0.2, 0.25) is 5.91 Å². The van der Waals surface area contributed by atoms with Gasteiger partial charge in [-0.05, 0) is 55.7 Å². The molecule has 1 amide bonds. The van der Waals surface area contributed by atoms with Gasteiger partial charge in [-0.1, -0.05) is 13.8 Å². The molecule has 2 aliphatic rings. The highest BCUT2D eigenvalue weighted by molar-refractivity contribution is 5.80. The van der Waals surface area contributed by atoms with E-state index in [1.807, 2.05) is 0 Å². The van der Waals surface area contributed by atoms with Gasteiger partial charge < -0.3 is 10.0 Å². The zero-order valence-corrected chi connectivity index (χ0v) is 14.2. The fourth-order valence-electron chi connectivity index (χ4n) is 4.51. The molecule has 1 N–H and O–H groups in total. The molecule has 24 heavy (non-hydrogen) atoms. The lowest BCUT2D eigenvalue weighted by atomic mass is 9.76. The molecule has 0 aromatic heterocycles. The minimum Gasteiger partial charge on any atom is -0.391 e. The van der Waals surface area contributed by atoms with Crippen LogP contribution in [0.2, 0.25) is 0 Å². The van der Waals surface area contributed by atoms with E-state index in [-0.39, 0.29) is 30.4 Å². The summed E-state index contributed by atoms with van der Waals surface area (Å²) in [7, 11) is 0. The maximum absolute atomic E-state index is 14.2. The van der Waals surface area contributed by atoms with Gasteiger partial charge in [0.1, 0.15) is 11.6 Å². The Hall–Kier alpha value is -1.49. The molecule has 3 rings (SSSR count). The Bertz CT molecular complexity index is 611. The highest BCUT2D eigenvalue weighted by Crippen LogP contribution is 2.39. The molecule has 2 fully saturated rings. The Morgan fingerprint density at radius 1 is 1.12 bits per heavy atom. The van der Waals surface area contributed by atoms with Crippen LogP contribution in [0.1, 0.15) is 51.1 Å². The molecule has 4 unspecified atom stereocenters. The Labute approximate surface area is 141 Å². The summed E-state index contributed by atoms with van der Waals surface area (Å²) >= 11 is 0. The number of halogens is 2. The van der Waals surface area contributed by atoms with Gasteiger partial charge in [-0.3, -0.25) is 4.79 Å². The number of amides is 1. The van der Waals surface area contributed by atoms with Crippen LogP contribution in [0.4, 0.5) is 8.78 Å². The summed E-state index contributed by atoms with van der Waals surface area (Å²) in [6, 6.07) is 2.71. The minimum absolute atomic E-state index is 0.0291. The Morgan fingerprint density at radius 2 is 1.79 bits per heavy atom. The number of rotatable bonds is 2. The molecular formula is C19H25F2NO2. The van der Waals surface area contributed by atoms with Crippen LogP contribution in [-0.4, -0.2) is 28.6 Å². The topological polar surface area (TPSA) is 40.5 Å². The van der Waals surface area contributed by atoms with E-state index in [2.05, 4.69) is 13.8 Å². The van der Waals surface area contributed by atoms with Gasteiger partial charge in [0.25, 0.3) is 0 Å². The summed E-state index contributed by atoms with van der Waals surface area (Å²) in [5.74, 6) is -0.204. The summed E-state index contributed by atoms with van der Waals surface area (Å²) < 4.78 is 27.7. The number of β-amino-alcohol motifs (C(OH)–C–C–N with tert-alkyl or cyclic N) is 1. The standard InChI is InChI=1S/C19H25F2NO2/c1-11-5-12(2)7-13(6-11)19(24)22-10-15(23)9-18(22)16-8-14(20)3-4-17(16)21/h3-4,8,11-13,15,18,23H,5-7,9-10H2,1-2H3. The number of aliphatic hydroxyl groups excluding tert-OH is 1. The van der Waals surface area contributed by atoms with E-state index in [9.17, 15) is 18.7 Å². The average Bonchev–Trinajstić information content (AvgIpc) is 2.89. The van der Waals surface area contributed by atoms with Crippen molar-refractivity contribution in [2.45, 2.75) is 51.7 Å². The van der Waals surface area contributed by atoms with Crippen LogP contribution in [0.3, 0.4) is 0 Å². The Balaban J connectivity index is 1.85. The zero-order valence-electron chi connectivity index (χ0n) is 14.2. The number of benzene rings is 1. The van der Waals surface area contributed by atoms with Crippen LogP contribution in [0, 0.1) is 29.4 Å². The molecule has 0 radical (unpaired) electrons. The minimum atomic E-state index is -0.694. The molecule has 0 spiro atoms. The van der Waals surface area contributed by atoms with Crippen LogP contribution in [-0.2, 0) is 4.79 Å². The molecule has 1 aromatic rings. The normalized spacial score (nSPS) is 33.7.